The predicted molar refractivity (Wildman–Crippen MR) is 99.4 cm³/mol. The van der Waals surface area contributed by atoms with Crippen molar-refractivity contribution in [2.45, 2.75) is 39.0 Å². The van der Waals surface area contributed by atoms with Gasteiger partial charge in [0.15, 0.2) is 5.65 Å². The Balaban J connectivity index is 1.50. The minimum atomic E-state index is -0.138. The molecule has 3 aromatic rings. The van der Waals surface area contributed by atoms with Crippen molar-refractivity contribution in [2.75, 3.05) is 13.1 Å². The first-order valence-corrected chi connectivity index (χ1v) is 8.96. The number of aromatic amines is 1. The molecule has 1 aromatic carbocycles. The number of aromatic nitrogens is 4. The summed E-state index contributed by atoms with van der Waals surface area (Å²) in [5.41, 5.74) is 0.504. The molecule has 1 aliphatic heterocycles. The molecule has 7 heteroatoms. The van der Waals surface area contributed by atoms with Gasteiger partial charge in [-0.2, -0.15) is 5.10 Å². The molecule has 1 aliphatic rings. The second kappa shape index (κ2) is 6.57. The van der Waals surface area contributed by atoms with Gasteiger partial charge >= 0.3 is 0 Å². The number of hydrogen-bond donors (Lipinski definition) is 1. The molecule has 0 amide bonds. The number of likely N-dealkylation sites (tertiary alicyclic amines) is 1. The normalized spacial score (nSPS) is 16.8. The molecular formula is C19H23N5O2. The first kappa shape index (κ1) is 16.8. The van der Waals surface area contributed by atoms with Crippen molar-refractivity contribution >= 4 is 11.0 Å². The summed E-state index contributed by atoms with van der Waals surface area (Å²) in [7, 11) is 0. The first-order valence-electron chi connectivity index (χ1n) is 8.96. The summed E-state index contributed by atoms with van der Waals surface area (Å²) in [5.74, 6) is 1.56. The molecule has 0 spiro atoms. The number of hydrogen-bond acceptors (Lipinski definition) is 5. The Morgan fingerprint density at radius 2 is 1.92 bits per heavy atom. The topological polar surface area (TPSA) is 76.0 Å². The fraction of sp³-hybridized carbons (Fsp3) is 0.421. The lowest BCUT2D eigenvalue weighted by molar-refractivity contribution is -0.00734. The molecule has 0 bridgehead atoms. The Labute approximate surface area is 151 Å². The van der Waals surface area contributed by atoms with Crippen LogP contribution in [0.25, 0.3) is 11.0 Å². The third-order valence-corrected chi connectivity index (χ3v) is 4.84. The van der Waals surface area contributed by atoms with Gasteiger partial charge in [-0.25, -0.2) is 9.67 Å². The van der Waals surface area contributed by atoms with E-state index >= 15 is 0 Å². The summed E-state index contributed by atoms with van der Waals surface area (Å²) in [4.78, 5) is 22.2. The minimum absolute atomic E-state index is 0.0123. The van der Waals surface area contributed by atoms with Crippen LogP contribution in [-0.4, -0.2) is 43.8 Å². The highest BCUT2D eigenvalue weighted by molar-refractivity contribution is 5.73. The van der Waals surface area contributed by atoms with Crippen molar-refractivity contribution in [3.63, 3.8) is 0 Å². The largest absolute Gasteiger partial charge is 0.488 e. The van der Waals surface area contributed by atoms with Crippen LogP contribution in [0.4, 0.5) is 0 Å². The van der Waals surface area contributed by atoms with Gasteiger partial charge in [-0.05, 0) is 32.9 Å². The molecule has 0 aliphatic carbocycles. The molecular weight excluding hydrogens is 330 g/mol. The zero-order chi connectivity index (χ0) is 18.3. The number of nitrogens with one attached hydrogen (secondary N) is 1. The van der Waals surface area contributed by atoms with Crippen LogP contribution in [0.1, 0.15) is 38.7 Å². The summed E-state index contributed by atoms with van der Waals surface area (Å²) >= 11 is 0. The van der Waals surface area contributed by atoms with Crippen molar-refractivity contribution in [2.24, 2.45) is 0 Å². The molecule has 2 aromatic heterocycles. The molecule has 7 nitrogen and oxygen atoms in total. The van der Waals surface area contributed by atoms with E-state index in [4.69, 9.17) is 9.72 Å². The van der Waals surface area contributed by atoms with Crippen molar-refractivity contribution in [3.8, 4) is 5.75 Å². The fourth-order valence-electron chi connectivity index (χ4n) is 3.25. The highest BCUT2D eigenvalue weighted by atomic mass is 16.5. The number of para-hydroxylation sites is 1. The zero-order valence-electron chi connectivity index (χ0n) is 15.2. The molecule has 0 radical (unpaired) electrons. The number of ether oxygens (including phenoxy) is 1. The van der Waals surface area contributed by atoms with Gasteiger partial charge in [0, 0.05) is 19.1 Å². The number of fused-ring (bicyclic) bond motifs is 1. The van der Waals surface area contributed by atoms with Gasteiger partial charge in [-0.3, -0.25) is 9.69 Å². The summed E-state index contributed by atoms with van der Waals surface area (Å²) in [5, 5.41) is 4.83. The maximum Gasteiger partial charge on any atom is 0.262 e. The smallest absolute Gasteiger partial charge is 0.262 e. The van der Waals surface area contributed by atoms with Crippen molar-refractivity contribution in [1.29, 1.82) is 0 Å². The third kappa shape index (κ3) is 2.99. The molecule has 1 fully saturated rings. The lowest BCUT2D eigenvalue weighted by Crippen LogP contribution is -2.54. The Bertz CT molecular complexity index is 957. The Morgan fingerprint density at radius 3 is 2.62 bits per heavy atom. The van der Waals surface area contributed by atoms with Crippen LogP contribution in [0.3, 0.4) is 0 Å². The number of H-pyrrole nitrogens is 1. The second-order valence-electron chi connectivity index (χ2n) is 7.05. The monoisotopic (exact) mass is 353 g/mol. The summed E-state index contributed by atoms with van der Waals surface area (Å²) < 4.78 is 7.74. The molecule has 1 atom stereocenters. The van der Waals surface area contributed by atoms with Gasteiger partial charge in [0.25, 0.3) is 5.56 Å². The van der Waals surface area contributed by atoms with E-state index in [2.05, 4.69) is 21.9 Å². The molecule has 26 heavy (non-hydrogen) atoms. The number of rotatable bonds is 5. The zero-order valence-corrected chi connectivity index (χ0v) is 15.2. The van der Waals surface area contributed by atoms with Crippen LogP contribution >= 0.6 is 0 Å². The van der Waals surface area contributed by atoms with Crippen LogP contribution in [0, 0.1) is 0 Å². The maximum absolute atomic E-state index is 12.4. The standard InChI is InChI=1S/C19H23N5O2/c1-12(2)24-18-16(9-20-24)19(25)22-17(21-18)13(3)23-10-15(11-23)26-14-7-5-4-6-8-14/h4-9,12-13,15H,10-11H2,1-3H3,(H,21,22,25). The van der Waals surface area contributed by atoms with E-state index in [1.165, 1.54) is 0 Å². The van der Waals surface area contributed by atoms with Crippen LogP contribution in [0.15, 0.2) is 41.3 Å². The van der Waals surface area contributed by atoms with E-state index in [0.717, 1.165) is 18.8 Å². The minimum Gasteiger partial charge on any atom is -0.488 e. The van der Waals surface area contributed by atoms with Gasteiger partial charge < -0.3 is 9.72 Å². The second-order valence-corrected chi connectivity index (χ2v) is 7.05. The van der Waals surface area contributed by atoms with Gasteiger partial charge in [0.2, 0.25) is 0 Å². The number of benzene rings is 1. The highest BCUT2D eigenvalue weighted by Crippen LogP contribution is 2.26. The summed E-state index contributed by atoms with van der Waals surface area (Å²) in [6, 6.07) is 10.0. The van der Waals surface area contributed by atoms with E-state index in [9.17, 15) is 4.79 Å². The molecule has 0 saturated carbocycles. The number of nitrogens with zero attached hydrogens (tertiary/aromatic N) is 4. The third-order valence-electron chi connectivity index (χ3n) is 4.84. The molecule has 1 saturated heterocycles. The van der Waals surface area contributed by atoms with Crippen molar-refractivity contribution in [1.82, 2.24) is 24.6 Å². The molecule has 136 valence electrons. The molecule has 1 unspecified atom stereocenters. The maximum atomic E-state index is 12.4. The SMILES string of the molecule is CC(c1nc2c(cnn2C(C)C)c(=O)[nH]1)N1CC(Oc2ccccc2)C1. The quantitative estimate of drug-likeness (QED) is 0.763. The lowest BCUT2D eigenvalue weighted by atomic mass is 10.1. The highest BCUT2D eigenvalue weighted by Gasteiger charge is 2.33. The Hall–Kier alpha value is -2.67. The fourth-order valence-corrected chi connectivity index (χ4v) is 3.25. The average Bonchev–Trinajstić information content (AvgIpc) is 3.03. The van der Waals surface area contributed by atoms with Gasteiger partial charge in [-0.15, -0.1) is 0 Å². The van der Waals surface area contributed by atoms with Gasteiger partial charge in [-0.1, -0.05) is 18.2 Å². The first-order chi connectivity index (χ1) is 12.5. The van der Waals surface area contributed by atoms with Crippen LogP contribution in [-0.2, 0) is 0 Å². The Kier molecular flexibility index (Phi) is 4.24. The molecule has 1 N–H and O–H groups in total. The van der Waals surface area contributed by atoms with E-state index in [1.807, 2.05) is 44.2 Å². The van der Waals surface area contributed by atoms with E-state index in [-0.39, 0.29) is 23.7 Å². The van der Waals surface area contributed by atoms with E-state index < -0.39 is 0 Å². The van der Waals surface area contributed by atoms with Gasteiger partial charge in [0.1, 0.15) is 23.1 Å². The van der Waals surface area contributed by atoms with Crippen molar-refractivity contribution in [3.05, 3.63) is 52.7 Å². The van der Waals surface area contributed by atoms with Crippen LogP contribution in [0.2, 0.25) is 0 Å². The summed E-state index contributed by atoms with van der Waals surface area (Å²) in [6.45, 7) is 7.72. The van der Waals surface area contributed by atoms with Crippen LogP contribution in [0.5, 0.6) is 5.75 Å². The predicted octanol–water partition coefficient (Wildman–Crippen LogP) is 2.52. The Morgan fingerprint density at radius 1 is 1.19 bits per heavy atom. The van der Waals surface area contributed by atoms with Gasteiger partial charge in [0.05, 0.1) is 12.2 Å². The van der Waals surface area contributed by atoms with E-state index in [1.54, 1.807) is 10.9 Å². The van der Waals surface area contributed by atoms with E-state index in [0.29, 0.717) is 16.9 Å². The van der Waals surface area contributed by atoms with Crippen molar-refractivity contribution < 1.29 is 4.74 Å². The average molecular weight is 353 g/mol. The molecule has 3 heterocycles. The molecule has 4 rings (SSSR count). The lowest BCUT2D eigenvalue weighted by Gasteiger charge is -2.42. The van der Waals surface area contributed by atoms with Crippen LogP contribution < -0.4 is 10.3 Å². The summed E-state index contributed by atoms with van der Waals surface area (Å²) in [6.07, 6.45) is 1.75.